The van der Waals surface area contributed by atoms with Crippen molar-refractivity contribution in [1.82, 2.24) is 9.55 Å². The molecule has 0 unspecified atom stereocenters. The topological polar surface area (TPSA) is 139 Å². The van der Waals surface area contributed by atoms with Crippen molar-refractivity contribution in [3.05, 3.63) is 104 Å². The van der Waals surface area contributed by atoms with E-state index in [1.165, 1.54) is 36.4 Å². The number of Topliss-reactive ketones (excluding diaryl/α,β-unsaturated/α-hetero) is 1. The first-order valence-electron chi connectivity index (χ1n) is 10.4. The number of hydrogen-bond donors (Lipinski definition) is 3. The highest BCUT2D eigenvalue weighted by molar-refractivity contribution is 6.08. The van der Waals surface area contributed by atoms with E-state index in [0.29, 0.717) is 4.57 Å². The average Bonchev–Trinajstić information content (AvgIpc) is 3.05. The molecule has 0 saturated carbocycles. The van der Waals surface area contributed by atoms with Gasteiger partial charge in [0.15, 0.2) is 23.3 Å². The molecule has 0 bridgehead atoms. The molecule has 9 nitrogen and oxygen atoms in total. The summed E-state index contributed by atoms with van der Waals surface area (Å²) >= 11 is 0. The van der Waals surface area contributed by atoms with E-state index in [4.69, 9.17) is 4.74 Å². The summed E-state index contributed by atoms with van der Waals surface area (Å²) in [6.07, 6.45) is -2.87. The summed E-state index contributed by atoms with van der Waals surface area (Å²) in [6.45, 7) is -0.0939. The molecule has 176 valence electrons. The second-order valence-corrected chi connectivity index (χ2v) is 8.10. The summed E-state index contributed by atoms with van der Waals surface area (Å²) in [5.74, 6) is -1.79. The van der Waals surface area contributed by atoms with Crippen LogP contribution in [0.3, 0.4) is 0 Å². The molecule has 1 aromatic heterocycles. The SMILES string of the molecule is C[C@]1(F)[C@H](n2cc(C(=O)c3ccccc3)c(=O)[nH]c2=O)O[C@H](CO)[C@]1(O)C(=O)c1ccccc1. The Bertz CT molecular complexity index is 1350. The van der Waals surface area contributed by atoms with E-state index in [0.717, 1.165) is 13.1 Å². The van der Waals surface area contributed by atoms with Crippen LogP contribution in [0.5, 0.6) is 0 Å². The maximum atomic E-state index is 16.3. The van der Waals surface area contributed by atoms with Crippen molar-refractivity contribution in [2.75, 3.05) is 6.61 Å². The highest BCUT2D eigenvalue weighted by Crippen LogP contribution is 2.49. The predicted octanol–water partition coefficient (Wildman–Crippen LogP) is 0.999. The van der Waals surface area contributed by atoms with Crippen LogP contribution in [0.4, 0.5) is 4.39 Å². The van der Waals surface area contributed by atoms with Gasteiger partial charge in [-0.1, -0.05) is 60.7 Å². The Kier molecular flexibility index (Phi) is 5.90. The third-order valence-corrected chi connectivity index (χ3v) is 6.02. The maximum absolute atomic E-state index is 16.3. The normalized spacial score (nSPS) is 26.4. The van der Waals surface area contributed by atoms with Crippen LogP contribution in [0, 0.1) is 0 Å². The van der Waals surface area contributed by atoms with E-state index >= 15 is 4.39 Å². The molecule has 3 N–H and O–H groups in total. The van der Waals surface area contributed by atoms with Crippen LogP contribution in [0.25, 0.3) is 0 Å². The lowest BCUT2D eigenvalue weighted by Crippen LogP contribution is -2.60. The number of ketones is 2. The predicted molar refractivity (Wildman–Crippen MR) is 117 cm³/mol. The first kappa shape index (κ1) is 23.4. The molecule has 0 amide bonds. The third-order valence-electron chi connectivity index (χ3n) is 6.02. The maximum Gasteiger partial charge on any atom is 0.330 e. The Hall–Kier alpha value is -3.73. The van der Waals surface area contributed by atoms with Crippen LogP contribution in [-0.2, 0) is 4.74 Å². The number of aromatic amines is 1. The summed E-state index contributed by atoms with van der Waals surface area (Å²) in [4.78, 5) is 52.9. The monoisotopic (exact) mass is 468 g/mol. The van der Waals surface area contributed by atoms with Crippen LogP contribution < -0.4 is 11.2 Å². The summed E-state index contributed by atoms with van der Waals surface area (Å²) in [5, 5.41) is 21.1. The highest BCUT2D eigenvalue weighted by atomic mass is 19.1. The smallest absolute Gasteiger partial charge is 0.330 e. The Morgan fingerprint density at radius 1 is 1.06 bits per heavy atom. The number of rotatable bonds is 6. The molecule has 0 aliphatic carbocycles. The van der Waals surface area contributed by atoms with Gasteiger partial charge in [0.1, 0.15) is 11.7 Å². The molecule has 1 fully saturated rings. The fraction of sp³-hybridized carbons (Fsp3) is 0.250. The van der Waals surface area contributed by atoms with Gasteiger partial charge in [-0.2, -0.15) is 0 Å². The van der Waals surface area contributed by atoms with E-state index < -0.39 is 58.6 Å². The Morgan fingerprint density at radius 3 is 2.18 bits per heavy atom. The molecule has 0 radical (unpaired) electrons. The molecular weight excluding hydrogens is 447 g/mol. The second-order valence-electron chi connectivity index (χ2n) is 8.10. The molecule has 1 aliphatic heterocycles. The number of benzene rings is 2. The van der Waals surface area contributed by atoms with Crippen molar-refractivity contribution >= 4 is 11.6 Å². The van der Waals surface area contributed by atoms with E-state index in [-0.39, 0.29) is 11.1 Å². The number of carbonyl (C=O) groups is 2. The van der Waals surface area contributed by atoms with E-state index in [1.807, 2.05) is 4.98 Å². The summed E-state index contributed by atoms with van der Waals surface area (Å²) in [5.41, 5.74) is -8.33. The minimum absolute atomic E-state index is 0.0367. The molecule has 4 atom stereocenters. The van der Waals surface area contributed by atoms with Gasteiger partial charge in [-0.15, -0.1) is 0 Å². The standard InChI is InChI=1S/C24H21FN2O7/c1-23(25)21(34-17(13-28)24(23,33)19(30)15-10-6-3-7-11-15)27-12-16(20(31)26-22(27)32)18(29)14-8-4-2-5-9-14/h2-12,17,21,28,33H,13H2,1H3,(H,26,31,32)/t17-,21-,23+,24+/m1/s1. The van der Waals surface area contributed by atoms with Gasteiger partial charge in [-0.3, -0.25) is 23.9 Å². The fourth-order valence-electron chi connectivity index (χ4n) is 4.13. The molecule has 3 aromatic rings. The molecule has 1 saturated heterocycles. The average molecular weight is 468 g/mol. The van der Waals surface area contributed by atoms with Crippen LogP contribution in [0.1, 0.15) is 39.4 Å². The zero-order valence-corrected chi connectivity index (χ0v) is 18.0. The van der Waals surface area contributed by atoms with Crippen molar-refractivity contribution in [2.24, 2.45) is 0 Å². The molecule has 2 aromatic carbocycles. The highest BCUT2D eigenvalue weighted by Gasteiger charge is 2.69. The van der Waals surface area contributed by atoms with Gasteiger partial charge in [0.25, 0.3) is 5.56 Å². The van der Waals surface area contributed by atoms with E-state index in [1.54, 1.807) is 24.3 Å². The van der Waals surface area contributed by atoms with Crippen molar-refractivity contribution in [3.63, 3.8) is 0 Å². The Balaban J connectivity index is 1.82. The first-order chi connectivity index (χ1) is 16.1. The number of halogens is 1. The van der Waals surface area contributed by atoms with Crippen LogP contribution in [0.2, 0.25) is 0 Å². The van der Waals surface area contributed by atoms with Gasteiger partial charge in [-0.25, -0.2) is 9.18 Å². The van der Waals surface area contributed by atoms with Gasteiger partial charge in [0, 0.05) is 17.3 Å². The summed E-state index contributed by atoms with van der Waals surface area (Å²) in [6, 6.07) is 15.1. The second kappa shape index (κ2) is 8.56. The molecule has 2 heterocycles. The van der Waals surface area contributed by atoms with E-state index in [9.17, 15) is 29.4 Å². The zero-order valence-electron chi connectivity index (χ0n) is 18.0. The van der Waals surface area contributed by atoms with Crippen LogP contribution in [-0.4, -0.2) is 55.3 Å². The van der Waals surface area contributed by atoms with Crippen molar-refractivity contribution in [1.29, 1.82) is 0 Å². The third kappa shape index (κ3) is 3.52. The molecule has 10 heteroatoms. The Labute approximate surface area is 192 Å². The molecule has 1 aliphatic rings. The van der Waals surface area contributed by atoms with Crippen LogP contribution >= 0.6 is 0 Å². The number of aromatic nitrogens is 2. The molecule has 34 heavy (non-hydrogen) atoms. The lowest BCUT2D eigenvalue weighted by atomic mass is 9.77. The van der Waals surface area contributed by atoms with Gasteiger partial charge >= 0.3 is 5.69 Å². The molecule has 0 spiro atoms. The largest absolute Gasteiger partial charge is 0.394 e. The lowest BCUT2D eigenvalue weighted by Gasteiger charge is -2.34. The van der Waals surface area contributed by atoms with Gasteiger partial charge in [0.2, 0.25) is 5.78 Å². The minimum Gasteiger partial charge on any atom is -0.394 e. The van der Waals surface area contributed by atoms with Gasteiger partial charge in [-0.05, 0) is 6.92 Å². The molecule has 4 rings (SSSR count). The zero-order chi connectivity index (χ0) is 24.7. The number of aliphatic hydroxyl groups is 2. The van der Waals surface area contributed by atoms with Crippen molar-refractivity contribution in [2.45, 2.75) is 30.5 Å². The Morgan fingerprint density at radius 2 is 1.62 bits per heavy atom. The molecular formula is C24H21FN2O7. The van der Waals surface area contributed by atoms with Gasteiger partial charge in [0.05, 0.1) is 6.61 Å². The number of nitrogens with one attached hydrogen (secondary N) is 1. The summed E-state index contributed by atoms with van der Waals surface area (Å²) in [7, 11) is 0. The number of nitrogens with zero attached hydrogens (tertiary/aromatic N) is 1. The first-order valence-corrected chi connectivity index (χ1v) is 10.4. The minimum atomic E-state index is -2.96. The number of carbonyl (C=O) groups excluding carboxylic acids is 2. The van der Waals surface area contributed by atoms with Gasteiger partial charge < -0.3 is 14.9 Å². The number of ether oxygens (including phenoxy) is 1. The van der Waals surface area contributed by atoms with Crippen LogP contribution in [0.15, 0.2) is 76.4 Å². The number of H-pyrrole nitrogens is 1. The lowest BCUT2D eigenvalue weighted by molar-refractivity contribution is -0.0745. The quantitative estimate of drug-likeness (QED) is 0.459. The van der Waals surface area contributed by atoms with Crippen molar-refractivity contribution in [3.8, 4) is 0 Å². The fourth-order valence-corrected chi connectivity index (χ4v) is 4.13. The number of aliphatic hydroxyl groups excluding tert-OH is 1. The number of hydrogen-bond acceptors (Lipinski definition) is 7. The summed E-state index contributed by atoms with van der Waals surface area (Å²) < 4.78 is 22.3. The van der Waals surface area contributed by atoms with Crippen molar-refractivity contribution < 1.29 is 28.9 Å². The number of alkyl halides is 1. The van der Waals surface area contributed by atoms with E-state index in [2.05, 4.69) is 0 Å².